The summed E-state index contributed by atoms with van der Waals surface area (Å²) in [6.45, 7) is 8.33. The summed E-state index contributed by atoms with van der Waals surface area (Å²) in [5.74, 6) is 0. The molecule has 1 saturated heterocycles. The van der Waals surface area contributed by atoms with Crippen LogP contribution in [0.15, 0.2) is 0 Å². The Bertz CT molecular complexity index is 181. The SMILES string of the molecule is CCN(C(C)COC)C1(CN)CCOC1. The van der Waals surface area contributed by atoms with E-state index < -0.39 is 0 Å². The lowest BCUT2D eigenvalue weighted by atomic mass is 9.94. The molecule has 1 aliphatic rings. The molecule has 0 spiro atoms. The van der Waals surface area contributed by atoms with Crippen LogP contribution in [-0.4, -0.2) is 56.5 Å². The summed E-state index contributed by atoms with van der Waals surface area (Å²) >= 11 is 0. The minimum atomic E-state index is 0.0344. The van der Waals surface area contributed by atoms with Gasteiger partial charge in [-0.05, 0) is 19.9 Å². The Morgan fingerprint density at radius 3 is 2.73 bits per heavy atom. The highest BCUT2D eigenvalue weighted by Crippen LogP contribution is 2.27. The Hall–Kier alpha value is -0.160. The molecular formula is C11H24N2O2. The van der Waals surface area contributed by atoms with Crippen LogP contribution >= 0.6 is 0 Å². The van der Waals surface area contributed by atoms with Gasteiger partial charge in [0.05, 0.1) is 18.8 Å². The lowest BCUT2D eigenvalue weighted by Crippen LogP contribution is -2.58. The van der Waals surface area contributed by atoms with Gasteiger partial charge in [0, 0.05) is 26.3 Å². The highest BCUT2D eigenvalue weighted by Gasteiger charge is 2.40. The van der Waals surface area contributed by atoms with Crippen molar-refractivity contribution in [2.45, 2.75) is 31.8 Å². The number of nitrogens with two attached hydrogens (primary N) is 1. The van der Waals surface area contributed by atoms with E-state index in [4.69, 9.17) is 15.2 Å². The molecule has 2 atom stereocenters. The number of nitrogens with zero attached hydrogens (tertiary/aromatic N) is 1. The van der Waals surface area contributed by atoms with E-state index in [1.165, 1.54) is 0 Å². The van der Waals surface area contributed by atoms with Gasteiger partial charge in [-0.3, -0.25) is 4.90 Å². The molecule has 1 fully saturated rings. The van der Waals surface area contributed by atoms with Crippen molar-refractivity contribution < 1.29 is 9.47 Å². The van der Waals surface area contributed by atoms with Gasteiger partial charge < -0.3 is 15.2 Å². The third kappa shape index (κ3) is 2.69. The van der Waals surface area contributed by atoms with Crippen molar-refractivity contribution in [1.82, 2.24) is 4.90 Å². The van der Waals surface area contributed by atoms with Crippen LogP contribution < -0.4 is 5.73 Å². The van der Waals surface area contributed by atoms with Gasteiger partial charge in [0.2, 0.25) is 0 Å². The van der Waals surface area contributed by atoms with Gasteiger partial charge in [-0.15, -0.1) is 0 Å². The minimum Gasteiger partial charge on any atom is -0.383 e. The first-order valence-corrected chi connectivity index (χ1v) is 5.73. The first-order chi connectivity index (χ1) is 7.20. The van der Waals surface area contributed by atoms with Crippen LogP contribution in [0, 0.1) is 0 Å². The Labute approximate surface area is 92.7 Å². The van der Waals surface area contributed by atoms with Crippen molar-refractivity contribution >= 4 is 0 Å². The predicted octanol–water partition coefficient (Wildman–Crippen LogP) is 0.461. The molecule has 4 nitrogen and oxygen atoms in total. The summed E-state index contributed by atoms with van der Waals surface area (Å²) in [5, 5.41) is 0. The fourth-order valence-corrected chi connectivity index (χ4v) is 2.55. The molecule has 15 heavy (non-hydrogen) atoms. The molecule has 2 unspecified atom stereocenters. The molecule has 0 saturated carbocycles. The molecule has 0 aromatic carbocycles. The van der Waals surface area contributed by atoms with Crippen LogP contribution in [0.3, 0.4) is 0 Å². The average Bonchev–Trinajstić information content (AvgIpc) is 2.69. The van der Waals surface area contributed by atoms with E-state index in [9.17, 15) is 0 Å². The van der Waals surface area contributed by atoms with E-state index in [2.05, 4.69) is 18.7 Å². The Kier molecular flexibility index (Phi) is 4.99. The Balaban J connectivity index is 2.69. The summed E-state index contributed by atoms with van der Waals surface area (Å²) in [6.07, 6.45) is 1.03. The van der Waals surface area contributed by atoms with Crippen LogP contribution in [0.2, 0.25) is 0 Å². The molecule has 2 N–H and O–H groups in total. The monoisotopic (exact) mass is 216 g/mol. The van der Waals surface area contributed by atoms with Gasteiger partial charge in [-0.25, -0.2) is 0 Å². The molecule has 0 aliphatic carbocycles. The van der Waals surface area contributed by atoms with Crippen molar-refractivity contribution in [1.29, 1.82) is 0 Å². The molecule has 0 radical (unpaired) electrons. The van der Waals surface area contributed by atoms with Crippen molar-refractivity contribution in [2.75, 3.05) is 40.0 Å². The molecule has 1 aliphatic heterocycles. The van der Waals surface area contributed by atoms with Crippen molar-refractivity contribution in [3.8, 4) is 0 Å². The largest absolute Gasteiger partial charge is 0.383 e. The van der Waals surface area contributed by atoms with Crippen molar-refractivity contribution in [3.63, 3.8) is 0 Å². The lowest BCUT2D eigenvalue weighted by Gasteiger charge is -2.42. The van der Waals surface area contributed by atoms with E-state index >= 15 is 0 Å². The van der Waals surface area contributed by atoms with Crippen LogP contribution in [0.5, 0.6) is 0 Å². The number of hydrogen-bond acceptors (Lipinski definition) is 4. The normalized spacial score (nSPS) is 28.6. The van der Waals surface area contributed by atoms with Gasteiger partial charge in [0.25, 0.3) is 0 Å². The van der Waals surface area contributed by atoms with Crippen LogP contribution in [-0.2, 0) is 9.47 Å². The fourth-order valence-electron chi connectivity index (χ4n) is 2.55. The van der Waals surface area contributed by atoms with Crippen molar-refractivity contribution in [2.24, 2.45) is 5.73 Å². The molecule has 1 heterocycles. The van der Waals surface area contributed by atoms with Gasteiger partial charge in [0.15, 0.2) is 0 Å². The summed E-state index contributed by atoms with van der Waals surface area (Å²) in [5.41, 5.74) is 5.95. The minimum absolute atomic E-state index is 0.0344. The Morgan fingerprint density at radius 2 is 2.33 bits per heavy atom. The zero-order chi connectivity index (χ0) is 11.3. The predicted molar refractivity (Wildman–Crippen MR) is 60.9 cm³/mol. The first kappa shape index (κ1) is 12.9. The van der Waals surface area contributed by atoms with Crippen molar-refractivity contribution in [3.05, 3.63) is 0 Å². The maximum atomic E-state index is 5.92. The smallest absolute Gasteiger partial charge is 0.0663 e. The average molecular weight is 216 g/mol. The highest BCUT2D eigenvalue weighted by atomic mass is 16.5. The third-order valence-electron chi connectivity index (χ3n) is 3.35. The van der Waals surface area contributed by atoms with Crippen LogP contribution in [0.25, 0.3) is 0 Å². The number of ether oxygens (including phenoxy) is 2. The summed E-state index contributed by atoms with van der Waals surface area (Å²) in [4.78, 5) is 2.42. The van der Waals surface area contributed by atoms with E-state index in [-0.39, 0.29) is 5.54 Å². The molecule has 0 aromatic rings. The molecule has 1 rings (SSSR count). The van der Waals surface area contributed by atoms with E-state index in [1.807, 2.05) is 0 Å². The topological polar surface area (TPSA) is 47.7 Å². The van der Waals surface area contributed by atoms with E-state index in [0.29, 0.717) is 12.6 Å². The second-order valence-electron chi connectivity index (χ2n) is 4.32. The van der Waals surface area contributed by atoms with Gasteiger partial charge in [-0.1, -0.05) is 6.92 Å². The van der Waals surface area contributed by atoms with Gasteiger partial charge in [0.1, 0.15) is 0 Å². The first-order valence-electron chi connectivity index (χ1n) is 5.73. The maximum Gasteiger partial charge on any atom is 0.0663 e. The standard InChI is InChI=1S/C11H24N2O2/c1-4-13(10(2)7-14-3)11(8-12)5-6-15-9-11/h10H,4-9,12H2,1-3H3. The second-order valence-corrected chi connectivity index (χ2v) is 4.32. The lowest BCUT2D eigenvalue weighted by molar-refractivity contribution is 0.0133. The number of methoxy groups -OCH3 is 1. The van der Waals surface area contributed by atoms with Crippen LogP contribution in [0.4, 0.5) is 0 Å². The fraction of sp³-hybridized carbons (Fsp3) is 1.00. The third-order valence-corrected chi connectivity index (χ3v) is 3.35. The number of likely N-dealkylation sites (N-methyl/N-ethyl adjacent to an activating group) is 1. The molecule has 4 heteroatoms. The van der Waals surface area contributed by atoms with Gasteiger partial charge >= 0.3 is 0 Å². The Morgan fingerprint density at radius 1 is 1.60 bits per heavy atom. The molecule has 0 bridgehead atoms. The van der Waals surface area contributed by atoms with Crippen LogP contribution in [0.1, 0.15) is 20.3 Å². The quantitative estimate of drug-likeness (QED) is 0.701. The summed E-state index contributed by atoms with van der Waals surface area (Å²) in [7, 11) is 1.74. The summed E-state index contributed by atoms with van der Waals surface area (Å²) in [6, 6.07) is 0.394. The maximum absolute atomic E-state index is 5.92. The molecule has 90 valence electrons. The van der Waals surface area contributed by atoms with Gasteiger partial charge in [-0.2, -0.15) is 0 Å². The molecule has 0 amide bonds. The molecular weight excluding hydrogens is 192 g/mol. The number of hydrogen-bond donors (Lipinski definition) is 1. The zero-order valence-electron chi connectivity index (χ0n) is 10.2. The highest BCUT2D eigenvalue weighted by molar-refractivity contribution is 4.96. The van der Waals surface area contributed by atoms with E-state index in [1.54, 1.807) is 7.11 Å². The molecule has 0 aromatic heterocycles. The number of rotatable bonds is 6. The zero-order valence-corrected chi connectivity index (χ0v) is 10.2. The summed E-state index contributed by atoms with van der Waals surface area (Å²) < 4.78 is 10.7. The van der Waals surface area contributed by atoms with E-state index in [0.717, 1.165) is 32.8 Å². The second kappa shape index (κ2) is 5.80.